The van der Waals surface area contributed by atoms with Gasteiger partial charge in [0.1, 0.15) is 18.2 Å². The summed E-state index contributed by atoms with van der Waals surface area (Å²) >= 11 is 0. The van der Waals surface area contributed by atoms with Gasteiger partial charge in [-0.1, -0.05) is 0 Å². The fourth-order valence-electron chi connectivity index (χ4n) is 1.38. The molecular weight excluding hydrogens is 218 g/mol. The first kappa shape index (κ1) is 13.0. The molecule has 0 aliphatic carbocycles. The fourth-order valence-corrected chi connectivity index (χ4v) is 1.38. The van der Waals surface area contributed by atoms with Gasteiger partial charge < -0.3 is 9.47 Å². The molecule has 0 N–H and O–H groups in total. The number of rotatable bonds is 3. The molecule has 1 aromatic rings. The number of hydrogen-bond acceptors (Lipinski definition) is 3. The van der Waals surface area contributed by atoms with E-state index >= 15 is 0 Å². The highest BCUT2D eigenvalue weighted by molar-refractivity contribution is 5.75. The first-order valence-electron chi connectivity index (χ1n) is 5.35. The Morgan fingerprint density at radius 3 is 2.71 bits per heavy atom. The molecule has 0 saturated heterocycles. The van der Waals surface area contributed by atoms with E-state index in [9.17, 15) is 9.59 Å². The third-order valence-electron chi connectivity index (χ3n) is 2.71. The molecule has 5 nitrogen and oxygen atoms in total. The number of pyridine rings is 1. The van der Waals surface area contributed by atoms with Crippen molar-refractivity contribution in [3.63, 3.8) is 0 Å². The van der Waals surface area contributed by atoms with Crippen LogP contribution < -0.4 is 5.56 Å². The summed E-state index contributed by atoms with van der Waals surface area (Å²) in [5.41, 5.74) is 0.319. The highest BCUT2D eigenvalue weighted by atomic mass is 16.2. The lowest BCUT2D eigenvalue weighted by Crippen LogP contribution is -2.35. The first-order valence-corrected chi connectivity index (χ1v) is 5.35. The number of aromatic nitrogens is 1. The summed E-state index contributed by atoms with van der Waals surface area (Å²) in [6.45, 7) is 4.16. The van der Waals surface area contributed by atoms with Crippen molar-refractivity contribution in [2.75, 3.05) is 13.6 Å². The number of likely N-dealkylation sites (N-methyl/N-ethyl adjacent to an activating group) is 1. The molecule has 0 aliphatic heterocycles. The standard InChI is InChI=1S/C12H15N3O2/c1-4-14(3)11(16)8-15-9(2)5-6-10(7-13)12(15)17/h5-6H,4,8H2,1-3H3. The first-order chi connectivity index (χ1) is 8.01. The molecule has 0 saturated carbocycles. The van der Waals surface area contributed by atoms with E-state index in [0.29, 0.717) is 12.2 Å². The van der Waals surface area contributed by atoms with Gasteiger partial charge in [-0.3, -0.25) is 9.59 Å². The van der Waals surface area contributed by atoms with Gasteiger partial charge in [0.2, 0.25) is 5.91 Å². The van der Waals surface area contributed by atoms with Crippen LogP contribution in [0.5, 0.6) is 0 Å². The molecule has 0 unspecified atom stereocenters. The van der Waals surface area contributed by atoms with Gasteiger partial charge >= 0.3 is 0 Å². The number of nitrogens with zero attached hydrogens (tertiary/aromatic N) is 3. The number of nitriles is 1. The van der Waals surface area contributed by atoms with E-state index < -0.39 is 5.56 Å². The summed E-state index contributed by atoms with van der Waals surface area (Å²) in [6.07, 6.45) is 0. The van der Waals surface area contributed by atoms with E-state index in [1.54, 1.807) is 20.0 Å². The molecule has 0 aliphatic rings. The lowest BCUT2D eigenvalue weighted by Gasteiger charge is -2.16. The van der Waals surface area contributed by atoms with Crippen molar-refractivity contribution in [2.24, 2.45) is 0 Å². The quantitative estimate of drug-likeness (QED) is 0.763. The molecule has 0 fully saturated rings. The van der Waals surface area contributed by atoms with Crippen LogP contribution in [0.1, 0.15) is 18.2 Å². The van der Waals surface area contributed by atoms with Crippen LogP contribution in [0.3, 0.4) is 0 Å². The smallest absolute Gasteiger partial charge is 0.269 e. The van der Waals surface area contributed by atoms with Crippen LogP contribution in [-0.2, 0) is 11.3 Å². The molecule has 0 radical (unpaired) electrons. The molecule has 1 aromatic heterocycles. The monoisotopic (exact) mass is 233 g/mol. The molecule has 0 bridgehead atoms. The SMILES string of the molecule is CCN(C)C(=O)Cn1c(C)ccc(C#N)c1=O. The Kier molecular flexibility index (Phi) is 4.05. The highest BCUT2D eigenvalue weighted by Gasteiger charge is 2.12. The molecule has 1 amide bonds. The van der Waals surface area contributed by atoms with Gasteiger partial charge in [0.15, 0.2) is 0 Å². The van der Waals surface area contributed by atoms with Crippen molar-refractivity contribution in [1.29, 1.82) is 5.26 Å². The van der Waals surface area contributed by atoms with E-state index in [4.69, 9.17) is 5.26 Å². The number of carbonyl (C=O) groups excluding carboxylic acids is 1. The minimum Gasteiger partial charge on any atom is -0.344 e. The Bertz CT molecular complexity index is 526. The van der Waals surface area contributed by atoms with E-state index in [1.165, 1.54) is 15.5 Å². The van der Waals surface area contributed by atoms with Crippen molar-refractivity contribution in [3.8, 4) is 6.07 Å². The molecule has 5 heteroatoms. The molecule has 0 aromatic carbocycles. The van der Waals surface area contributed by atoms with Crippen LogP contribution in [0.15, 0.2) is 16.9 Å². The number of amides is 1. The van der Waals surface area contributed by atoms with Crippen LogP contribution in [0, 0.1) is 18.3 Å². The van der Waals surface area contributed by atoms with E-state index in [0.717, 1.165) is 0 Å². The zero-order valence-electron chi connectivity index (χ0n) is 10.2. The summed E-state index contributed by atoms with van der Waals surface area (Å²) in [5.74, 6) is -0.146. The van der Waals surface area contributed by atoms with Gasteiger partial charge in [-0.05, 0) is 26.0 Å². The van der Waals surface area contributed by atoms with E-state index in [1.807, 2.05) is 13.0 Å². The maximum Gasteiger partial charge on any atom is 0.269 e. The van der Waals surface area contributed by atoms with Gasteiger partial charge in [0.05, 0.1) is 0 Å². The molecular formula is C12H15N3O2. The van der Waals surface area contributed by atoms with Gasteiger partial charge in [-0.25, -0.2) is 0 Å². The van der Waals surface area contributed by atoms with Crippen molar-refractivity contribution < 1.29 is 4.79 Å². The van der Waals surface area contributed by atoms with E-state index in [2.05, 4.69) is 0 Å². The minimum absolute atomic E-state index is 0.0233. The van der Waals surface area contributed by atoms with Gasteiger partial charge in [0, 0.05) is 19.3 Å². The summed E-state index contributed by atoms with van der Waals surface area (Å²) < 4.78 is 1.33. The maximum absolute atomic E-state index is 11.8. The van der Waals surface area contributed by atoms with Gasteiger partial charge in [-0.15, -0.1) is 0 Å². The van der Waals surface area contributed by atoms with Crippen LogP contribution in [-0.4, -0.2) is 29.0 Å². The minimum atomic E-state index is -0.412. The summed E-state index contributed by atoms with van der Waals surface area (Å²) in [6, 6.07) is 4.96. The Hall–Kier alpha value is -2.09. The van der Waals surface area contributed by atoms with Gasteiger partial charge in [0.25, 0.3) is 5.56 Å². The summed E-state index contributed by atoms with van der Waals surface area (Å²) in [5, 5.41) is 8.76. The number of carbonyl (C=O) groups is 1. The lowest BCUT2D eigenvalue weighted by atomic mass is 10.2. The second-order valence-corrected chi connectivity index (χ2v) is 3.80. The van der Waals surface area contributed by atoms with Crippen molar-refractivity contribution in [2.45, 2.75) is 20.4 Å². The number of aryl methyl sites for hydroxylation is 1. The Balaban J connectivity index is 3.12. The van der Waals surface area contributed by atoms with Crippen LogP contribution in [0.25, 0.3) is 0 Å². The molecule has 90 valence electrons. The lowest BCUT2D eigenvalue weighted by molar-refractivity contribution is -0.130. The summed E-state index contributed by atoms with van der Waals surface area (Å²) in [7, 11) is 1.68. The predicted octanol–water partition coefficient (Wildman–Crippen LogP) is 0.507. The van der Waals surface area contributed by atoms with E-state index in [-0.39, 0.29) is 18.0 Å². The Morgan fingerprint density at radius 2 is 2.18 bits per heavy atom. The fraction of sp³-hybridized carbons (Fsp3) is 0.417. The molecule has 1 rings (SSSR count). The highest BCUT2D eigenvalue weighted by Crippen LogP contribution is 1.99. The van der Waals surface area contributed by atoms with Gasteiger partial charge in [-0.2, -0.15) is 5.26 Å². The largest absolute Gasteiger partial charge is 0.344 e. The van der Waals surface area contributed by atoms with Crippen LogP contribution in [0.2, 0.25) is 0 Å². The zero-order valence-corrected chi connectivity index (χ0v) is 10.2. The molecule has 1 heterocycles. The summed E-state index contributed by atoms with van der Waals surface area (Å²) in [4.78, 5) is 25.1. The van der Waals surface area contributed by atoms with Crippen molar-refractivity contribution in [3.05, 3.63) is 33.7 Å². The van der Waals surface area contributed by atoms with Crippen molar-refractivity contribution in [1.82, 2.24) is 9.47 Å². The molecule has 0 spiro atoms. The molecule has 0 atom stereocenters. The zero-order chi connectivity index (χ0) is 13.0. The van der Waals surface area contributed by atoms with Crippen molar-refractivity contribution >= 4 is 5.91 Å². The maximum atomic E-state index is 11.8. The Labute approximate surface area is 99.9 Å². The predicted molar refractivity (Wildman–Crippen MR) is 63.5 cm³/mol. The average molecular weight is 233 g/mol. The number of hydrogen-bond donors (Lipinski definition) is 0. The van der Waals surface area contributed by atoms with Crippen LogP contribution >= 0.6 is 0 Å². The topological polar surface area (TPSA) is 66.1 Å². The second-order valence-electron chi connectivity index (χ2n) is 3.80. The normalized spacial score (nSPS) is 9.76. The second kappa shape index (κ2) is 5.30. The average Bonchev–Trinajstić information content (AvgIpc) is 2.33. The third kappa shape index (κ3) is 2.72. The Morgan fingerprint density at radius 1 is 1.53 bits per heavy atom. The molecule has 17 heavy (non-hydrogen) atoms. The third-order valence-corrected chi connectivity index (χ3v) is 2.71. The van der Waals surface area contributed by atoms with Crippen LogP contribution in [0.4, 0.5) is 0 Å².